The lowest BCUT2D eigenvalue weighted by Crippen LogP contribution is -2.45. The van der Waals surface area contributed by atoms with Crippen molar-refractivity contribution in [3.05, 3.63) is 59.1 Å². The fourth-order valence-electron chi connectivity index (χ4n) is 3.06. The second-order valence-electron chi connectivity index (χ2n) is 6.53. The van der Waals surface area contributed by atoms with Crippen molar-refractivity contribution in [2.24, 2.45) is 0 Å². The van der Waals surface area contributed by atoms with E-state index in [2.05, 4.69) is 10.6 Å². The number of sulfone groups is 1. The van der Waals surface area contributed by atoms with Gasteiger partial charge in [0.25, 0.3) is 0 Å². The number of hydrogen-bond acceptors (Lipinski definition) is 4. The molecule has 158 valence electrons. The van der Waals surface area contributed by atoms with Gasteiger partial charge in [-0.3, -0.25) is 10.1 Å². The third-order valence-corrected chi connectivity index (χ3v) is 6.54. The van der Waals surface area contributed by atoms with Crippen molar-refractivity contribution in [3.8, 4) is 0 Å². The van der Waals surface area contributed by atoms with Crippen molar-refractivity contribution in [1.82, 2.24) is 5.32 Å². The number of benzene rings is 2. The zero-order valence-electron chi connectivity index (χ0n) is 16.1. The summed E-state index contributed by atoms with van der Waals surface area (Å²) in [6.45, 7) is 4.05. The smallest absolute Gasteiger partial charge is 0.325 e. The molecule has 0 aliphatic carbocycles. The van der Waals surface area contributed by atoms with E-state index in [9.17, 15) is 22.0 Å². The Kier molecular flexibility index (Phi) is 7.73. The summed E-state index contributed by atoms with van der Waals surface area (Å²) >= 11 is 5.96. The largest absolute Gasteiger partial charge is 0.341 e. The monoisotopic (exact) mass is 444 g/mol. The van der Waals surface area contributed by atoms with E-state index in [0.29, 0.717) is 10.7 Å². The normalized spacial score (nSPS) is 12.2. The summed E-state index contributed by atoms with van der Waals surface area (Å²) in [6, 6.07) is 12.1. The van der Waals surface area contributed by atoms with E-state index in [1.165, 1.54) is 12.1 Å². The first kappa shape index (κ1) is 23.3. The molecule has 0 saturated carbocycles. The first-order chi connectivity index (χ1) is 13.6. The lowest BCUT2D eigenvalue weighted by Gasteiger charge is -2.33. The van der Waals surface area contributed by atoms with Crippen molar-refractivity contribution < 1.29 is 22.0 Å². The Labute approximate surface area is 174 Å². The molecule has 0 bridgehead atoms. The maximum Gasteiger partial charge on any atom is 0.341 e. The highest BCUT2D eigenvalue weighted by molar-refractivity contribution is 7.91. The van der Waals surface area contributed by atoms with Crippen molar-refractivity contribution in [2.75, 3.05) is 11.9 Å². The molecule has 0 aliphatic heterocycles. The van der Waals surface area contributed by atoms with Gasteiger partial charge < -0.3 is 5.32 Å². The molecule has 29 heavy (non-hydrogen) atoms. The molecule has 5 nitrogen and oxygen atoms in total. The Morgan fingerprint density at radius 3 is 2.07 bits per heavy atom. The van der Waals surface area contributed by atoms with Gasteiger partial charge in [-0.05, 0) is 54.8 Å². The van der Waals surface area contributed by atoms with Crippen LogP contribution in [0.2, 0.25) is 5.02 Å². The Hall–Kier alpha value is -2.03. The SMILES string of the molecule is CCC(CC)(NCC(=O)Nc1ccc(S(=O)(=O)C(F)F)cc1)c1ccc(Cl)cc1. The number of halogens is 3. The average molecular weight is 445 g/mol. The van der Waals surface area contributed by atoms with E-state index >= 15 is 0 Å². The van der Waals surface area contributed by atoms with Crippen molar-refractivity contribution in [1.29, 1.82) is 0 Å². The molecule has 0 fully saturated rings. The summed E-state index contributed by atoms with van der Waals surface area (Å²) in [5, 5.41) is 6.54. The highest BCUT2D eigenvalue weighted by atomic mass is 35.5. The minimum absolute atomic E-state index is 0.0153. The van der Waals surface area contributed by atoms with E-state index in [1.54, 1.807) is 12.1 Å². The molecule has 0 aliphatic rings. The average Bonchev–Trinajstić information content (AvgIpc) is 2.70. The van der Waals surface area contributed by atoms with Gasteiger partial charge in [0.2, 0.25) is 15.7 Å². The third kappa shape index (κ3) is 5.52. The van der Waals surface area contributed by atoms with Crippen LogP contribution in [0.15, 0.2) is 53.4 Å². The molecule has 2 aromatic rings. The fourth-order valence-corrected chi connectivity index (χ4v) is 3.91. The quantitative estimate of drug-likeness (QED) is 0.593. The molecule has 1 amide bonds. The van der Waals surface area contributed by atoms with Crippen molar-refractivity contribution in [2.45, 2.75) is 42.9 Å². The van der Waals surface area contributed by atoms with E-state index < -0.39 is 26.0 Å². The number of nitrogens with one attached hydrogen (secondary N) is 2. The van der Waals surface area contributed by atoms with Gasteiger partial charge in [-0.25, -0.2) is 8.42 Å². The molecule has 2 N–H and O–H groups in total. The second-order valence-corrected chi connectivity index (χ2v) is 8.88. The van der Waals surface area contributed by atoms with Crippen molar-refractivity contribution in [3.63, 3.8) is 0 Å². The third-order valence-electron chi connectivity index (χ3n) is 4.89. The minimum Gasteiger partial charge on any atom is -0.325 e. The standard InChI is InChI=1S/C20H23ClF2N2O3S/c1-3-20(4-2,14-5-7-15(21)8-6-14)24-13-18(26)25-16-9-11-17(12-10-16)29(27,28)19(22)23/h5-12,19,24H,3-4,13H2,1-2H3,(H,25,26). The van der Waals surface area contributed by atoms with Crippen LogP contribution in [0.1, 0.15) is 32.3 Å². The van der Waals surface area contributed by atoms with Crippen LogP contribution < -0.4 is 10.6 Å². The molecular weight excluding hydrogens is 422 g/mol. The predicted molar refractivity (Wildman–Crippen MR) is 110 cm³/mol. The molecule has 2 rings (SSSR count). The molecule has 9 heteroatoms. The Balaban J connectivity index is 2.05. The molecule has 0 aromatic heterocycles. The van der Waals surface area contributed by atoms with Crippen LogP contribution in [-0.4, -0.2) is 26.6 Å². The maximum absolute atomic E-state index is 12.6. The fraction of sp³-hybridized carbons (Fsp3) is 0.350. The maximum atomic E-state index is 12.6. The molecular formula is C20H23ClF2N2O3S. The zero-order chi connectivity index (χ0) is 21.7. The molecule has 0 spiro atoms. The number of alkyl halides is 2. The summed E-state index contributed by atoms with van der Waals surface area (Å²) in [6.07, 6.45) is 1.50. The van der Waals surface area contributed by atoms with E-state index in [4.69, 9.17) is 11.6 Å². The van der Waals surface area contributed by atoms with Gasteiger partial charge in [0.05, 0.1) is 11.4 Å². The summed E-state index contributed by atoms with van der Waals surface area (Å²) in [5.74, 6) is -3.83. The van der Waals surface area contributed by atoms with Gasteiger partial charge in [0.15, 0.2) is 0 Å². The van der Waals surface area contributed by atoms with Gasteiger partial charge in [0, 0.05) is 16.2 Å². The number of amides is 1. The number of carbonyl (C=O) groups is 1. The topological polar surface area (TPSA) is 75.3 Å². The van der Waals surface area contributed by atoms with E-state index in [-0.39, 0.29) is 12.5 Å². The lowest BCUT2D eigenvalue weighted by atomic mass is 9.84. The van der Waals surface area contributed by atoms with E-state index in [1.807, 2.05) is 26.0 Å². The van der Waals surface area contributed by atoms with Crippen LogP contribution in [0.5, 0.6) is 0 Å². The van der Waals surface area contributed by atoms with Crippen LogP contribution >= 0.6 is 11.6 Å². The van der Waals surface area contributed by atoms with Gasteiger partial charge >= 0.3 is 5.76 Å². The molecule has 0 radical (unpaired) electrons. The van der Waals surface area contributed by atoms with Gasteiger partial charge in [0.1, 0.15) is 0 Å². The highest BCUT2D eigenvalue weighted by Gasteiger charge is 2.29. The molecule has 0 unspecified atom stereocenters. The second kappa shape index (κ2) is 9.65. The summed E-state index contributed by atoms with van der Waals surface area (Å²) < 4.78 is 48.0. The van der Waals surface area contributed by atoms with Gasteiger partial charge in [-0.2, -0.15) is 8.78 Å². The Bertz CT molecular complexity index is 929. The molecule has 0 heterocycles. The Morgan fingerprint density at radius 1 is 1.03 bits per heavy atom. The molecule has 2 aromatic carbocycles. The van der Waals surface area contributed by atoms with Gasteiger partial charge in [-0.1, -0.05) is 37.6 Å². The Morgan fingerprint density at radius 2 is 1.59 bits per heavy atom. The number of hydrogen-bond donors (Lipinski definition) is 2. The molecule has 0 saturated heterocycles. The zero-order valence-corrected chi connectivity index (χ0v) is 17.7. The number of carbonyl (C=O) groups excluding carboxylic acids is 1. The van der Waals surface area contributed by atoms with Crippen LogP contribution in [0.25, 0.3) is 0 Å². The first-order valence-corrected chi connectivity index (χ1v) is 11.0. The van der Waals surface area contributed by atoms with Crippen LogP contribution in [0, 0.1) is 0 Å². The van der Waals surface area contributed by atoms with Crippen LogP contribution in [0.3, 0.4) is 0 Å². The van der Waals surface area contributed by atoms with Crippen LogP contribution in [0.4, 0.5) is 14.5 Å². The van der Waals surface area contributed by atoms with Crippen molar-refractivity contribution >= 4 is 33.0 Å². The number of rotatable bonds is 9. The summed E-state index contributed by atoms with van der Waals surface area (Å²) in [5.41, 5.74) is 0.924. The van der Waals surface area contributed by atoms with Crippen LogP contribution in [-0.2, 0) is 20.2 Å². The predicted octanol–water partition coefficient (Wildman–Crippen LogP) is 4.58. The molecule has 0 atom stereocenters. The van der Waals surface area contributed by atoms with E-state index in [0.717, 1.165) is 30.5 Å². The lowest BCUT2D eigenvalue weighted by molar-refractivity contribution is -0.115. The van der Waals surface area contributed by atoms with Gasteiger partial charge in [-0.15, -0.1) is 0 Å². The minimum atomic E-state index is -4.66. The summed E-state index contributed by atoms with van der Waals surface area (Å²) in [7, 11) is -4.66. The first-order valence-electron chi connectivity index (χ1n) is 9.07. The number of anilines is 1. The summed E-state index contributed by atoms with van der Waals surface area (Å²) in [4.78, 5) is 11.8. The highest BCUT2D eigenvalue weighted by Crippen LogP contribution is 2.29.